The summed E-state index contributed by atoms with van der Waals surface area (Å²) < 4.78 is 2.12. The number of hydrogen-bond acceptors (Lipinski definition) is 5. The van der Waals surface area contributed by atoms with Crippen LogP contribution in [0.4, 0.5) is 0 Å². The van der Waals surface area contributed by atoms with Crippen LogP contribution in [-0.2, 0) is 13.0 Å². The number of pyridine rings is 1. The van der Waals surface area contributed by atoms with E-state index in [-0.39, 0.29) is 11.4 Å². The largest absolute Gasteiger partial charge is 0.396 e. The van der Waals surface area contributed by atoms with E-state index in [9.17, 15) is 0 Å². The van der Waals surface area contributed by atoms with Gasteiger partial charge in [-0.25, -0.2) is 4.98 Å². The summed E-state index contributed by atoms with van der Waals surface area (Å²) in [5.74, 6) is 0.500. The van der Waals surface area contributed by atoms with Crippen LogP contribution >= 0.6 is 0 Å². The van der Waals surface area contributed by atoms with Gasteiger partial charge in [0.05, 0.1) is 17.7 Å². The van der Waals surface area contributed by atoms with Gasteiger partial charge in [-0.2, -0.15) is 5.26 Å². The van der Waals surface area contributed by atoms with Gasteiger partial charge in [-0.3, -0.25) is 4.98 Å². The van der Waals surface area contributed by atoms with Crippen molar-refractivity contribution in [2.75, 3.05) is 0 Å². The molecule has 0 radical (unpaired) electrons. The van der Waals surface area contributed by atoms with Crippen LogP contribution in [0, 0.1) is 11.3 Å². The number of aromatic nitrogens is 3. The Morgan fingerprint density at radius 1 is 1.18 bits per heavy atom. The van der Waals surface area contributed by atoms with Crippen LogP contribution in [0.5, 0.6) is 0 Å². The summed E-state index contributed by atoms with van der Waals surface area (Å²) in [5, 5.41) is 8.94. The third kappa shape index (κ3) is 3.47. The third-order valence-electron chi connectivity index (χ3n) is 5.30. The number of hydrogen-bond donors (Lipinski definition) is 2. The van der Waals surface area contributed by atoms with Crippen molar-refractivity contribution in [2.24, 2.45) is 11.5 Å². The van der Waals surface area contributed by atoms with Crippen molar-refractivity contribution in [3.05, 3.63) is 77.5 Å². The zero-order valence-corrected chi connectivity index (χ0v) is 15.5. The Kier molecular flexibility index (Phi) is 4.81. The lowest BCUT2D eigenvalue weighted by molar-refractivity contribution is 0.483. The summed E-state index contributed by atoms with van der Waals surface area (Å²) in [7, 11) is 0. The summed E-state index contributed by atoms with van der Waals surface area (Å²) in [4.78, 5) is 8.92. The predicted molar refractivity (Wildman–Crippen MR) is 108 cm³/mol. The Hall–Kier alpha value is -3.59. The second-order valence-corrected chi connectivity index (χ2v) is 7.11. The smallest absolute Gasteiger partial charge is 0.134 e. The molecule has 0 fully saturated rings. The van der Waals surface area contributed by atoms with Crippen LogP contribution in [0.3, 0.4) is 0 Å². The van der Waals surface area contributed by atoms with Crippen molar-refractivity contribution in [3.8, 4) is 17.5 Å². The summed E-state index contributed by atoms with van der Waals surface area (Å²) >= 11 is 0. The molecule has 6 nitrogen and oxygen atoms in total. The molecule has 4 N–H and O–H groups in total. The van der Waals surface area contributed by atoms with Gasteiger partial charge in [0.2, 0.25) is 0 Å². The molecule has 1 aromatic carbocycles. The predicted octanol–water partition coefficient (Wildman–Crippen LogP) is 3.17. The van der Waals surface area contributed by atoms with Crippen LogP contribution in [0.1, 0.15) is 35.4 Å². The third-order valence-corrected chi connectivity index (χ3v) is 5.30. The molecule has 1 aliphatic carbocycles. The molecule has 0 saturated heterocycles. The zero-order chi connectivity index (χ0) is 19.5. The second kappa shape index (κ2) is 7.57. The normalized spacial score (nSPS) is 16.8. The highest BCUT2D eigenvalue weighted by Crippen LogP contribution is 2.33. The Balaban J connectivity index is 1.57. The first kappa shape index (κ1) is 17.8. The summed E-state index contributed by atoms with van der Waals surface area (Å²) in [6.45, 7) is 0.896. The fourth-order valence-corrected chi connectivity index (χ4v) is 3.84. The number of benzene rings is 1. The molecule has 6 heteroatoms. The molecule has 0 saturated carbocycles. The van der Waals surface area contributed by atoms with Gasteiger partial charge in [0.1, 0.15) is 17.5 Å². The van der Waals surface area contributed by atoms with Crippen LogP contribution in [0.2, 0.25) is 0 Å². The molecule has 0 aliphatic heterocycles. The molecule has 28 heavy (non-hydrogen) atoms. The second-order valence-electron chi connectivity index (χ2n) is 7.11. The van der Waals surface area contributed by atoms with Crippen molar-refractivity contribution < 1.29 is 0 Å². The first-order chi connectivity index (χ1) is 13.7. The van der Waals surface area contributed by atoms with E-state index in [1.807, 2.05) is 24.7 Å². The number of allylic oxidation sites excluding steroid dienone is 1. The van der Waals surface area contributed by atoms with Crippen LogP contribution in [0.15, 0.2) is 60.8 Å². The number of nitriles is 1. The maximum absolute atomic E-state index is 8.94. The fourth-order valence-electron chi connectivity index (χ4n) is 3.84. The summed E-state index contributed by atoms with van der Waals surface area (Å²) in [6, 6.07) is 14.1. The quantitative estimate of drug-likeness (QED) is 0.686. The number of aryl methyl sites for hydroxylation is 1. The van der Waals surface area contributed by atoms with E-state index in [1.54, 1.807) is 12.3 Å². The molecule has 1 aliphatic rings. The minimum atomic E-state index is -0.00126. The molecule has 2 aromatic heterocycles. The average molecular weight is 370 g/mol. The first-order valence-electron chi connectivity index (χ1n) is 9.37. The first-order valence-corrected chi connectivity index (χ1v) is 9.37. The molecule has 3 aromatic rings. The molecule has 0 amide bonds. The maximum Gasteiger partial charge on any atom is 0.134 e. The lowest BCUT2D eigenvalue weighted by Crippen LogP contribution is -2.14. The summed E-state index contributed by atoms with van der Waals surface area (Å²) in [5.41, 5.74) is 16.9. The number of nitrogens with zero attached hydrogens (tertiary/aromatic N) is 4. The zero-order valence-electron chi connectivity index (χ0n) is 15.5. The van der Waals surface area contributed by atoms with E-state index in [4.69, 9.17) is 16.7 Å². The fraction of sp³-hybridized carbons (Fsp3) is 0.227. The van der Waals surface area contributed by atoms with Gasteiger partial charge >= 0.3 is 0 Å². The van der Waals surface area contributed by atoms with Gasteiger partial charge < -0.3 is 16.0 Å². The molecule has 4 rings (SSSR count). The Bertz CT molecular complexity index is 1070. The number of imidazole rings is 1. The number of fused-ring (bicyclic) bond motifs is 1. The highest BCUT2D eigenvalue weighted by molar-refractivity contribution is 5.71. The van der Waals surface area contributed by atoms with Crippen LogP contribution in [0.25, 0.3) is 17.1 Å². The SMILES string of the molecule is N#C/C(N)=C(/N)c1ccnc(-c2cn(CC3CCCc4ccccc43)cn2)c1. The molecule has 0 bridgehead atoms. The van der Waals surface area contributed by atoms with Gasteiger partial charge in [0, 0.05) is 30.4 Å². The molecule has 0 spiro atoms. The standard InChI is InChI=1S/C22H22N6/c23-11-19(24)22(25)16-8-9-26-20(10-16)21-13-28(14-27-21)12-17-6-3-5-15-4-1-2-7-18(15)17/h1-2,4,7-10,13-14,17H,3,5-6,12,24-25H2/b22-19-. The van der Waals surface area contributed by atoms with E-state index in [0.29, 0.717) is 17.2 Å². The van der Waals surface area contributed by atoms with Crippen molar-refractivity contribution in [2.45, 2.75) is 31.7 Å². The molecule has 2 heterocycles. The summed E-state index contributed by atoms with van der Waals surface area (Å²) in [6.07, 6.45) is 9.09. The Labute approximate surface area is 164 Å². The van der Waals surface area contributed by atoms with Gasteiger partial charge in [0.25, 0.3) is 0 Å². The highest BCUT2D eigenvalue weighted by atomic mass is 15.0. The van der Waals surface area contributed by atoms with E-state index < -0.39 is 0 Å². The van der Waals surface area contributed by atoms with E-state index in [2.05, 4.69) is 38.8 Å². The lowest BCUT2D eigenvalue weighted by atomic mass is 9.83. The van der Waals surface area contributed by atoms with E-state index in [0.717, 1.165) is 12.2 Å². The number of rotatable bonds is 4. The minimum Gasteiger partial charge on any atom is -0.396 e. The monoisotopic (exact) mass is 370 g/mol. The minimum absolute atomic E-state index is 0.00126. The number of nitrogens with two attached hydrogens (primary N) is 2. The van der Waals surface area contributed by atoms with Gasteiger partial charge in [-0.05, 0) is 42.5 Å². The molecular weight excluding hydrogens is 348 g/mol. The van der Waals surface area contributed by atoms with Crippen LogP contribution < -0.4 is 11.5 Å². The average Bonchev–Trinajstić information content (AvgIpc) is 3.21. The van der Waals surface area contributed by atoms with E-state index >= 15 is 0 Å². The van der Waals surface area contributed by atoms with Crippen molar-refractivity contribution >= 4 is 5.70 Å². The highest BCUT2D eigenvalue weighted by Gasteiger charge is 2.20. The van der Waals surface area contributed by atoms with Gasteiger partial charge in [-0.1, -0.05) is 24.3 Å². The maximum atomic E-state index is 8.94. The molecule has 1 unspecified atom stereocenters. The van der Waals surface area contributed by atoms with Crippen molar-refractivity contribution in [3.63, 3.8) is 0 Å². The van der Waals surface area contributed by atoms with Crippen molar-refractivity contribution in [1.29, 1.82) is 5.26 Å². The lowest BCUT2D eigenvalue weighted by Gasteiger charge is -2.25. The van der Waals surface area contributed by atoms with Gasteiger partial charge in [-0.15, -0.1) is 0 Å². The van der Waals surface area contributed by atoms with Crippen molar-refractivity contribution in [1.82, 2.24) is 14.5 Å². The van der Waals surface area contributed by atoms with Crippen LogP contribution in [-0.4, -0.2) is 14.5 Å². The van der Waals surface area contributed by atoms with Gasteiger partial charge in [0.15, 0.2) is 0 Å². The molecular formula is C22H22N6. The Morgan fingerprint density at radius 2 is 2.04 bits per heavy atom. The molecule has 140 valence electrons. The topological polar surface area (TPSA) is 107 Å². The molecule has 1 atom stereocenters. The van der Waals surface area contributed by atoms with E-state index in [1.165, 1.54) is 30.4 Å². The Morgan fingerprint density at radius 3 is 2.89 bits per heavy atom.